The van der Waals surface area contributed by atoms with E-state index in [0.717, 1.165) is 36.8 Å². The molecule has 4 rings (SSSR count). The number of carbonyl (C=O) groups excluding carboxylic acids is 2. The second-order valence-electron chi connectivity index (χ2n) is 8.34. The topological polar surface area (TPSA) is 67.4 Å². The maximum absolute atomic E-state index is 13.4. The number of ether oxygens (including phenoxy) is 1. The summed E-state index contributed by atoms with van der Waals surface area (Å²) >= 11 is 0. The van der Waals surface area contributed by atoms with Crippen molar-refractivity contribution in [1.82, 2.24) is 0 Å². The SMILES string of the molecule is COc1cc(NC(=O)C2(c3ccccc3)CCCC2)ccc1NC(=O)c1ccc(C)cc1. The van der Waals surface area contributed by atoms with Crippen molar-refractivity contribution in [3.05, 3.63) is 89.5 Å². The zero-order valence-corrected chi connectivity index (χ0v) is 18.5. The fourth-order valence-corrected chi connectivity index (χ4v) is 4.40. The minimum atomic E-state index is -0.507. The fraction of sp³-hybridized carbons (Fsp3) is 0.259. The normalized spacial score (nSPS) is 14.6. The molecule has 1 fully saturated rings. The lowest BCUT2D eigenvalue weighted by atomic mass is 9.78. The molecule has 0 aliphatic heterocycles. The van der Waals surface area contributed by atoms with Crippen LogP contribution in [-0.2, 0) is 10.2 Å². The average molecular weight is 429 g/mol. The molecule has 2 amide bonds. The van der Waals surface area contributed by atoms with Gasteiger partial charge in [0, 0.05) is 17.3 Å². The second kappa shape index (κ2) is 9.27. The number of benzene rings is 3. The smallest absolute Gasteiger partial charge is 0.255 e. The van der Waals surface area contributed by atoms with Gasteiger partial charge in [-0.15, -0.1) is 0 Å². The molecule has 1 saturated carbocycles. The Morgan fingerprint density at radius 3 is 2.22 bits per heavy atom. The van der Waals surface area contributed by atoms with Gasteiger partial charge in [0.05, 0.1) is 18.2 Å². The zero-order valence-electron chi connectivity index (χ0n) is 18.5. The number of carbonyl (C=O) groups is 2. The van der Waals surface area contributed by atoms with Crippen LogP contribution in [0.2, 0.25) is 0 Å². The van der Waals surface area contributed by atoms with Crippen LogP contribution in [0.25, 0.3) is 0 Å². The van der Waals surface area contributed by atoms with Crippen molar-refractivity contribution in [2.75, 3.05) is 17.7 Å². The highest BCUT2D eigenvalue weighted by Crippen LogP contribution is 2.42. The van der Waals surface area contributed by atoms with Crippen molar-refractivity contribution in [2.45, 2.75) is 38.0 Å². The number of methoxy groups -OCH3 is 1. The Hall–Kier alpha value is -3.60. The molecule has 3 aromatic rings. The maximum atomic E-state index is 13.4. The van der Waals surface area contributed by atoms with Gasteiger partial charge in [-0.2, -0.15) is 0 Å². The molecule has 0 heterocycles. The Balaban J connectivity index is 1.53. The highest BCUT2D eigenvalue weighted by atomic mass is 16.5. The van der Waals surface area contributed by atoms with E-state index in [4.69, 9.17) is 4.74 Å². The summed E-state index contributed by atoms with van der Waals surface area (Å²) in [5.41, 5.74) is 3.41. The number of hydrogen-bond acceptors (Lipinski definition) is 3. The third-order valence-electron chi connectivity index (χ3n) is 6.24. The monoisotopic (exact) mass is 428 g/mol. The molecule has 5 nitrogen and oxygen atoms in total. The molecule has 0 radical (unpaired) electrons. The van der Waals surface area contributed by atoms with Crippen LogP contribution in [0.1, 0.15) is 47.2 Å². The first-order chi connectivity index (χ1) is 15.5. The van der Waals surface area contributed by atoms with Crippen LogP contribution in [0, 0.1) is 6.92 Å². The average Bonchev–Trinajstić information content (AvgIpc) is 3.32. The van der Waals surface area contributed by atoms with Crippen LogP contribution >= 0.6 is 0 Å². The first-order valence-electron chi connectivity index (χ1n) is 10.9. The third kappa shape index (κ3) is 4.37. The zero-order chi connectivity index (χ0) is 22.6. The van der Waals surface area contributed by atoms with Gasteiger partial charge >= 0.3 is 0 Å². The molecule has 2 N–H and O–H groups in total. The summed E-state index contributed by atoms with van der Waals surface area (Å²) < 4.78 is 5.49. The van der Waals surface area contributed by atoms with Crippen molar-refractivity contribution < 1.29 is 14.3 Å². The van der Waals surface area contributed by atoms with Crippen LogP contribution in [0.4, 0.5) is 11.4 Å². The van der Waals surface area contributed by atoms with Crippen molar-refractivity contribution in [1.29, 1.82) is 0 Å². The summed E-state index contributed by atoms with van der Waals surface area (Å²) in [5.74, 6) is 0.275. The Morgan fingerprint density at radius 1 is 0.875 bits per heavy atom. The van der Waals surface area contributed by atoms with E-state index in [1.54, 1.807) is 37.4 Å². The summed E-state index contributed by atoms with van der Waals surface area (Å²) in [6.45, 7) is 1.98. The molecule has 32 heavy (non-hydrogen) atoms. The molecule has 1 aliphatic carbocycles. The molecule has 0 spiro atoms. The predicted molar refractivity (Wildman–Crippen MR) is 127 cm³/mol. The molecule has 5 heteroatoms. The lowest BCUT2D eigenvalue weighted by Gasteiger charge is -2.28. The molecule has 0 saturated heterocycles. The summed E-state index contributed by atoms with van der Waals surface area (Å²) in [4.78, 5) is 26.0. The van der Waals surface area contributed by atoms with Crippen molar-refractivity contribution in [3.63, 3.8) is 0 Å². The summed E-state index contributed by atoms with van der Waals surface area (Å²) in [5, 5.41) is 5.97. The Labute approximate surface area is 188 Å². The first kappa shape index (κ1) is 21.6. The predicted octanol–water partition coefficient (Wildman–Crippen LogP) is 5.71. The van der Waals surface area contributed by atoms with Gasteiger partial charge in [-0.1, -0.05) is 60.9 Å². The van der Waals surface area contributed by atoms with Crippen molar-refractivity contribution in [2.24, 2.45) is 0 Å². The van der Waals surface area contributed by atoms with E-state index in [1.807, 2.05) is 49.4 Å². The molecule has 0 unspecified atom stereocenters. The molecule has 1 aliphatic rings. The summed E-state index contributed by atoms with van der Waals surface area (Å²) in [7, 11) is 1.55. The van der Waals surface area contributed by atoms with Crippen LogP contribution in [0.15, 0.2) is 72.8 Å². The number of aryl methyl sites for hydroxylation is 1. The fourth-order valence-electron chi connectivity index (χ4n) is 4.40. The molecule has 0 bridgehead atoms. The number of anilines is 2. The van der Waals surface area contributed by atoms with Crippen LogP contribution in [-0.4, -0.2) is 18.9 Å². The third-order valence-corrected chi connectivity index (χ3v) is 6.24. The van der Waals surface area contributed by atoms with Crippen LogP contribution in [0.3, 0.4) is 0 Å². The van der Waals surface area contributed by atoms with Gasteiger partial charge in [0.15, 0.2) is 0 Å². The van der Waals surface area contributed by atoms with E-state index < -0.39 is 5.41 Å². The molecule has 3 aromatic carbocycles. The van der Waals surface area contributed by atoms with Gasteiger partial charge in [-0.05, 0) is 49.6 Å². The van der Waals surface area contributed by atoms with E-state index in [9.17, 15) is 9.59 Å². The van der Waals surface area contributed by atoms with E-state index in [2.05, 4.69) is 10.6 Å². The molecule has 0 aromatic heterocycles. The van der Waals surface area contributed by atoms with Crippen LogP contribution in [0.5, 0.6) is 5.75 Å². The Kier molecular flexibility index (Phi) is 6.26. The van der Waals surface area contributed by atoms with E-state index in [1.165, 1.54) is 0 Å². The number of hydrogen-bond donors (Lipinski definition) is 2. The minimum absolute atomic E-state index is 0.000283. The van der Waals surface area contributed by atoms with Gasteiger partial charge in [0.25, 0.3) is 5.91 Å². The molecular weight excluding hydrogens is 400 g/mol. The highest BCUT2D eigenvalue weighted by molar-refractivity contribution is 6.05. The quantitative estimate of drug-likeness (QED) is 0.529. The number of nitrogens with one attached hydrogen (secondary N) is 2. The summed E-state index contributed by atoms with van der Waals surface area (Å²) in [6.07, 6.45) is 3.75. The van der Waals surface area contributed by atoms with Crippen molar-refractivity contribution >= 4 is 23.2 Å². The first-order valence-corrected chi connectivity index (χ1v) is 10.9. The van der Waals surface area contributed by atoms with E-state index in [-0.39, 0.29) is 11.8 Å². The van der Waals surface area contributed by atoms with E-state index in [0.29, 0.717) is 22.7 Å². The van der Waals surface area contributed by atoms with Gasteiger partial charge in [0.1, 0.15) is 5.75 Å². The second-order valence-corrected chi connectivity index (χ2v) is 8.34. The van der Waals surface area contributed by atoms with E-state index >= 15 is 0 Å². The standard InChI is InChI=1S/C27H28N2O3/c1-19-10-12-20(13-11-19)25(30)29-23-15-14-22(18-24(23)32-2)28-26(31)27(16-6-7-17-27)21-8-4-3-5-9-21/h3-5,8-15,18H,6-7,16-17H2,1-2H3,(H,28,31)(H,29,30). The highest BCUT2D eigenvalue weighted by Gasteiger charge is 2.42. The van der Waals surface area contributed by atoms with Crippen molar-refractivity contribution in [3.8, 4) is 5.75 Å². The molecule has 0 atom stereocenters. The van der Waals surface area contributed by atoms with Gasteiger partial charge in [-0.25, -0.2) is 0 Å². The largest absolute Gasteiger partial charge is 0.494 e. The van der Waals surface area contributed by atoms with Gasteiger partial charge < -0.3 is 15.4 Å². The lowest BCUT2D eigenvalue weighted by Crippen LogP contribution is -2.37. The lowest BCUT2D eigenvalue weighted by molar-refractivity contribution is -0.121. The summed E-state index contributed by atoms with van der Waals surface area (Å²) in [6, 6.07) is 22.7. The Bertz CT molecular complexity index is 1100. The molecule has 164 valence electrons. The number of amides is 2. The van der Waals surface area contributed by atoms with Crippen LogP contribution < -0.4 is 15.4 Å². The van der Waals surface area contributed by atoms with Gasteiger partial charge in [0.2, 0.25) is 5.91 Å². The minimum Gasteiger partial charge on any atom is -0.494 e. The Morgan fingerprint density at radius 2 is 1.56 bits per heavy atom. The van der Waals surface area contributed by atoms with Gasteiger partial charge in [-0.3, -0.25) is 9.59 Å². The maximum Gasteiger partial charge on any atom is 0.255 e. The molecular formula is C27H28N2O3. The number of rotatable bonds is 6.